The van der Waals surface area contributed by atoms with Crippen molar-refractivity contribution in [3.63, 3.8) is 0 Å². The van der Waals surface area contributed by atoms with Crippen molar-refractivity contribution in [2.45, 2.75) is 40.0 Å². The number of piperidine rings is 1. The van der Waals surface area contributed by atoms with Gasteiger partial charge < -0.3 is 15.0 Å². The Kier molecular flexibility index (Phi) is 9.81. The van der Waals surface area contributed by atoms with E-state index < -0.39 is 10.0 Å². The van der Waals surface area contributed by atoms with Crippen LogP contribution in [0.4, 0.5) is 0 Å². The highest BCUT2D eigenvalue weighted by molar-refractivity contribution is 7.89. The summed E-state index contributed by atoms with van der Waals surface area (Å²) < 4.78 is 30.4. The number of ether oxygens (including phenoxy) is 1. The normalized spacial score (nSPS) is 16.8. The van der Waals surface area contributed by atoms with Crippen molar-refractivity contribution in [2.24, 2.45) is 10.9 Å². The van der Waals surface area contributed by atoms with Crippen LogP contribution in [0.15, 0.2) is 4.99 Å². The topological polar surface area (TPSA) is 100 Å². The van der Waals surface area contributed by atoms with Gasteiger partial charge in [0.05, 0.1) is 18.3 Å². The van der Waals surface area contributed by atoms with Gasteiger partial charge in [-0.15, -0.1) is 0 Å². The molecule has 8 nitrogen and oxygen atoms in total. The standard InChI is InChI=1S/C16H32N4O4S/c1-4-17-16(18-10-7-11-19-25(22,23)6-3)20-12-8-14(9-13-20)15(21)24-5-2/h14,19H,4-13H2,1-3H3,(H,17,18). The van der Waals surface area contributed by atoms with Crippen molar-refractivity contribution in [1.29, 1.82) is 0 Å². The smallest absolute Gasteiger partial charge is 0.309 e. The molecule has 0 atom stereocenters. The van der Waals surface area contributed by atoms with Crippen LogP contribution in [-0.2, 0) is 19.6 Å². The van der Waals surface area contributed by atoms with E-state index in [1.807, 2.05) is 13.8 Å². The Bertz CT molecular complexity index is 528. The highest BCUT2D eigenvalue weighted by atomic mass is 32.2. The van der Waals surface area contributed by atoms with E-state index in [9.17, 15) is 13.2 Å². The first-order valence-electron chi connectivity index (χ1n) is 9.10. The molecule has 25 heavy (non-hydrogen) atoms. The summed E-state index contributed by atoms with van der Waals surface area (Å²) >= 11 is 0. The average molecular weight is 377 g/mol. The molecule has 1 fully saturated rings. The zero-order valence-electron chi connectivity index (χ0n) is 15.6. The number of likely N-dealkylation sites (tertiary alicyclic amines) is 1. The first-order valence-corrected chi connectivity index (χ1v) is 10.8. The maximum Gasteiger partial charge on any atom is 0.309 e. The molecule has 0 spiro atoms. The molecule has 0 aromatic carbocycles. The minimum Gasteiger partial charge on any atom is -0.466 e. The summed E-state index contributed by atoms with van der Waals surface area (Å²) in [6.45, 7) is 9.10. The van der Waals surface area contributed by atoms with Crippen LogP contribution in [0, 0.1) is 5.92 Å². The zero-order chi connectivity index (χ0) is 18.7. The van der Waals surface area contributed by atoms with Gasteiger partial charge in [0.1, 0.15) is 0 Å². The predicted octanol–water partition coefficient (Wildman–Crippen LogP) is 0.556. The van der Waals surface area contributed by atoms with Crippen molar-refractivity contribution in [1.82, 2.24) is 14.9 Å². The number of hydrogen-bond donors (Lipinski definition) is 2. The van der Waals surface area contributed by atoms with Gasteiger partial charge in [0, 0.05) is 32.7 Å². The number of carbonyl (C=O) groups is 1. The Morgan fingerprint density at radius 2 is 1.92 bits per heavy atom. The van der Waals surface area contributed by atoms with Crippen molar-refractivity contribution in [3.05, 3.63) is 0 Å². The summed E-state index contributed by atoms with van der Waals surface area (Å²) in [6, 6.07) is 0. The summed E-state index contributed by atoms with van der Waals surface area (Å²) in [6.07, 6.45) is 2.17. The second kappa shape index (κ2) is 11.3. The predicted molar refractivity (Wildman–Crippen MR) is 99.0 cm³/mol. The van der Waals surface area contributed by atoms with Crippen molar-refractivity contribution >= 4 is 22.0 Å². The van der Waals surface area contributed by atoms with Gasteiger partial charge in [0.15, 0.2) is 5.96 Å². The van der Waals surface area contributed by atoms with Gasteiger partial charge in [-0.25, -0.2) is 13.1 Å². The van der Waals surface area contributed by atoms with Crippen LogP contribution in [0.1, 0.15) is 40.0 Å². The SMILES string of the molecule is CCNC(=NCCCNS(=O)(=O)CC)N1CCC(C(=O)OCC)CC1. The molecule has 1 aliphatic rings. The van der Waals surface area contributed by atoms with Crippen LogP contribution >= 0.6 is 0 Å². The number of guanidine groups is 1. The monoisotopic (exact) mass is 376 g/mol. The lowest BCUT2D eigenvalue weighted by Gasteiger charge is -2.33. The molecule has 0 aliphatic carbocycles. The second-order valence-electron chi connectivity index (χ2n) is 5.90. The van der Waals surface area contributed by atoms with Crippen molar-refractivity contribution in [2.75, 3.05) is 45.1 Å². The van der Waals surface area contributed by atoms with Crippen LogP contribution < -0.4 is 10.0 Å². The number of hydrogen-bond acceptors (Lipinski definition) is 5. The third-order valence-electron chi connectivity index (χ3n) is 4.05. The van der Waals surface area contributed by atoms with Crippen molar-refractivity contribution < 1.29 is 17.9 Å². The highest BCUT2D eigenvalue weighted by Gasteiger charge is 2.27. The fourth-order valence-corrected chi connectivity index (χ4v) is 3.27. The van der Waals surface area contributed by atoms with E-state index in [1.54, 1.807) is 6.92 Å². The minimum atomic E-state index is -3.14. The Morgan fingerprint density at radius 3 is 2.48 bits per heavy atom. The van der Waals surface area contributed by atoms with Gasteiger partial charge in [-0.1, -0.05) is 0 Å². The van der Waals surface area contributed by atoms with Gasteiger partial charge in [0.25, 0.3) is 0 Å². The lowest BCUT2D eigenvalue weighted by atomic mass is 9.97. The second-order valence-corrected chi connectivity index (χ2v) is 8.00. The Hall–Kier alpha value is -1.35. The number of carbonyl (C=O) groups excluding carboxylic acids is 1. The quantitative estimate of drug-likeness (QED) is 0.264. The van der Waals surface area contributed by atoms with Crippen LogP contribution in [0.5, 0.6) is 0 Å². The molecule has 0 unspecified atom stereocenters. The third kappa shape index (κ3) is 8.04. The van der Waals surface area contributed by atoms with E-state index in [2.05, 4.69) is 19.9 Å². The van der Waals surface area contributed by atoms with E-state index in [1.165, 1.54) is 0 Å². The van der Waals surface area contributed by atoms with E-state index in [4.69, 9.17) is 4.74 Å². The lowest BCUT2D eigenvalue weighted by molar-refractivity contribution is -0.149. The highest BCUT2D eigenvalue weighted by Crippen LogP contribution is 2.18. The maximum absolute atomic E-state index is 11.8. The fourth-order valence-electron chi connectivity index (χ4n) is 2.61. The molecule has 2 N–H and O–H groups in total. The Balaban J connectivity index is 2.44. The largest absolute Gasteiger partial charge is 0.466 e. The number of aliphatic imine (C=N–C) groups is 1. The summed E-state index contributed by atoms with van der Waals surface area (Å²) in [7, 11) is -3.14. The van der Waals surface area contributed by atoms with Crippen LogP contribution in [0.25, 0.3) is 0 Å². The molecule has 1 heterocycles. The number of esters is 1. The molecule has 0 aromatic rings. The van der Waals surface area contributed by atoms with Gasteiger partial charge in [0.2, 0.25) is 10.0 Å². The molecule has 1 rings (SSSR count). The molecule has 0 radical (unpaired) electrons. The van der Waals surface area contributed by atoms with Gasteiger partial charge in [-0.3, -0.25) is 9.79 Å². The van der Waals surface area contributed by atoms with Gasteiger partial charge in [-0.2, -0.15) is 0 Å². The molecule has 1 saturated heterocycles. The molecule has 9 heteroatoms. The summed E-state index contributed by atoms with van der Waals surface area (Å²) in [4.78, 5) is 18.5. The van der Waals surface area contributed by atoms with E-state index in [0.29, 0.717) is 26.1 Å². The average Bonchev–Trinajstić information content (AvgIpc) is 2.61. The first kappa shape index (κ1) is 21.7. The minimum absolute atomic E-state index is 0.0254. The van der Waals surface area contributed by atoms with Crippen LogP contribution in [0.3, 0.4) is 0 Å². The molecule has 0 aromatic heterocycles. The van der Waals surface area contributed by atoms with Gasteiger partial charge in [-0.05, 0) is 40.0 Å². The zero-order valence-corrected chi connectivity index (χ0v) is 16.4. The number of sulfonamides is 1. The molecule has 0 amide bonds. The molecule has 0 bridgehead atoms. The Labute approximate surface area is 151 Å². The molecular weight excluding hydrogens is 344 g/mol. The lowest BCUT2D eigenvalue weighted by Crippen LogP contribution is -2.46. The van der Waals surface area contributed by atoms with Crippen LogP contribution in [0.2, 0.25) is 0 Å². The van der Waals surface area contributed by atoms with E-state index >= 15 is 0 Å². The molecule has 0 saturated carbocycles. The summed E-state index contributed by atoms with van der Waals surface area (Å²) in [5, 5.41) is 3.26. The summed E-state index contributed by atoms with van der Waals surface area (Å²) in [5.41, 5.74) is 0. The van der Waals surface area contributed by atoms with Gasteiger partial charge >= 0.3 is 5.97 Å². The summed E-state index contributed by atoms with van der Waals surface area (Å²) in [5.74, 6) is 0.784. The van der Waals surface area contributed by atoms with E-state index in [-0.39, 0.29) is 17.6 Å². The third-order valence-corrected chi connectivity index (χ3v) is 5.45. The maximum atomic E-state index is 11.8. The molecule has 146 valence electrons. The first-order chi connectivity index (χ1) is 11.9. The number of rotatable bonds is 9. The fraction of sp³-hybridized carbons (Fsp3) is 0.875. The number of nitrogens with zero attached hydrogens (tertiary/aromatic N) is 2. The Morgan fingerprint density at radius 1 is 1.24 bits per heavy atom. The molecule has 1 aliphatic heterocycles. The molecular formula is C16H32N4O4S. The van der Waals surface area contributed by atoms with E-state index in [0.717, 1.165) is 38.4 Å². The number of nitrogens with one attached hydrogen (secondary N) is 2. The van der Waals surface area contributed by atoms with Crippen molar-refractivity contribution in [3.8, 4) is 0 Å². The van der Waals surface area contributed by atoms with Crippen LogP contribution in [-0.4, -0.2) is 70.3 Å².